The lowest BCUT2D eigenvalue weighted by atomic mass is 10.1. The Labute approximate surface area is 144 Å². The van der Waals surface area contributed by atoms with Crippen LogP contribution in [0.5, 0.6) is 0 Å². The Morgan fingerprint density at radius 3 is 2.79 bits per heavy atom. The lowest BCUT2D eigenvalue weighted by Crippen LogP contribution is -2.50. The van der Waals surface area contributed by atoms with Crippen LogP contribution in [0.4, 0.5) is 11.4 Å². The van der Waals surface area contributed by atoms with Crippen LogP contribution in [-0.4, -0.2) is 55.6 Å². The van der Waals surface area contributed by atoms with Crippen molar-refractivity contribution in [2.45, 2.75) is 38.3 Å². The minimum absolute atomic E-state index is 0.0927. The normalized spacial score (nSPS) is 30.4. The number of benzene rings is 1. The van der Waals surface area contributed by atoms with E-state index in [2.05, 4.69) is 39.5 Å². The molecule has 130 valence electrons. The predicted octanol–water partition coefficient (Wildman–Crippen LogP) is 1.91. The van der Waals surface area contributed by atoms with Crippen molar-refractivity contribution < 1.29 is 4.79 Å². The van der Waals surface area contributed by atoms with E-state index in [1.165, 1.54) is 31.6 Å². The molecule has 0 saturated carbocycles. The molecule has 3 aliphatic rings. The van der Waals surface area contributed by atoms with Gasteiger partial charge >= 0.3 is 0 Å². The van der Waals surface area contributed by atoms with Crippen LogP contribution in [0.2, 0.25) is 0 Å². The summed E-state index contributed by atoms with van der Waals surface area (Å²) in [6.07, 6.45) is 3.60. The minimum atomic E-state index is 0.0927. The Morgan fingerprint density at radius 2 is 2.04 bits per heavy atom. The second kappa shape index (κ2) is 6.73. The molecule has 5 nitrogen and oxygen atoms in total. The predicted molar refractivity (Wildman–Crippen MR) is 97.5 cm³/mol. The average Bonchev–Trinajstić information content (AvgIpc) is 3.23. The van der Waals surface area contributed by atoms with Crippen LogP contribution >= 0.6 is 0 Å². The largest absolute Gasteiger partial charge is 0.369 e. The van der Waals surface area contributed by atoms with Gasteiger partial charge < -0.3 is 15.5 Å². The second-order valence-electron chi connectivity index (χ2n) is 7.56. The molecule has 0 bridgehead atoms. The van der Waals surface area contributed by atoms with E-state index in [9.17, 15) is 4.79 Å². The summed E-state index contributed by atoms with van der Waals surface area (Å²) < 4.78 is 0. The minimum Gasteiger partial charge on any atom is -0.369 e. The molecule has 3 heterocycles. The summed E-state index contributed by atoms with van der Waals surface area (Å²) in [5.74, 6) is 0.231. The molecule has 3 saturated heterocycles. The van der Waals surface area contributed by atoms with E-state index in [-0.39, 0.29) is 11.8 Å². The van der Waals surface area contributed by atoms with Gasteiger partial charge in [0.25, 0.3) is 0 Å². The smallest absolute Gasteiger partial charge is 0.228 e. The zero-order valence-electron chi connectivity index (χ0n) is 14.5. The zero-order valence-corrected chi connectivity index (χ0v) is 14.5. The third-order valence-electron chi connectivity index (χ3n) is 5.81. The molecule has 0 radical (unpaired) electrons. The van der Waals surface area contributed by atoms with Gasteiger partial charge in [-0.15, -0.1) is 0 Å². The van der Waals surface area contributed by atoms with Crippen LogP contribution in [0.3, 0.4) is 0 Å². The standard InChI is InChI=1S/C19H28N4O/c1-14-11-15(12-20-14)19(24)21-16-4-6-17(7-5-16)23-10-9-22-8-2-3-18(22)13-23/h4-7,14-15,18,20H,2-3,8-13H2,1H3,(H,21,24). The maximum atomic E-state index is 12.3. The lowest BCUT2D eigenvalue weighted by molar-refractivity contribution is -0.119. The van der Waals surface area contributed by atoms with Gasteiger partial charge in [0.05, 0.1) is 5.92 Å². The van der Waals surface area contributed by atoms with E-state index in [0.717, 1.165) is 37.8 Å². The maximum Gasteiger partial charge on any atom is 0.228 e. The molecule has 1 amide bonds. The molecule has 3 fully saturated rings. The summed E-state index contributed by atoms with van der Waals surface area (Å²) in [5, 5.41) is 6.40. The first-order valence-electron chi connectivity index (χ1n) is 9.32. The van der Waals surface area contributed by atoms with Gasteiger partial charge in [-0.3, -0.25) is 9.69 Å². The van der Waals surface area contributed by atoms with Crippen molar-refractivity contribution in [3.8, 4) is 0 Å². The summed E-state index contributed by atoms with van der Waals surface area (Å²) in [7, 11) is 0. The van der Waals surface area contributed by atoms with E-state index >= 15 is 0 Å². The van der Waals surface area contributed by atoms with Crippen LogP contribution in [0, 0.1) is 5.92 Å². The Balaban J connectivity index is 1.35. The Hall–Kier alpha value is -1.59. The monoisotopic (exact) mass is 328 g/mol. The molecule has 4 rings (SSSR count). The first-order valence-corrected chi connectivity index (χ1v) is 9.32. The van der Waals surface area contributed by atoms with Crippen LogP contribution in [0.25, 0.3) is 0 Å². The van der Waals surface area contributed by atoms with E-state index in [1.54, 1.807) is 0 Å². The fourth-order valence-corrected chi connectivity index (χ4v) is 4.36. The number of nitrogens with one attached hydrogen (secondary N) is 2. The third kappa shape index (κ3) is 3.28. The van der Waals surface area contributed by atoms with Gasteiger partial charge in [0.1, 0.15) is 0 Å². The Kier molecular flexibility index (Phi) is 4.46. The van der Waals surface area contributed by atoms with Crippen LogP contribution in [0.1, 0.15) is 26.2 Å². The van der Waals surface area contributed by atoms with Gasteiger partial charge in [-0.2, -0.15) is 0 Å². The highest BCUT2D eigenvalue weighted by molar-refractivity contribution is 5.93. The summed E-state index contributed by atoms with van der Waals surface area (Å²) in [6.45, 7) is 7.61. The molecular formula is C19H28N4O. The van der Waals surface area contributed by atoms with Crippen molar-refractivity contribution in [1.29, 1.82) is 0 Å². The number of piperazine rings is 1. The number of rotatable bonds is 3. The molecule has 3 unspecified atom stereocenters. The molecule has 1 aromatic rings. The van der Waals surface area contributed by atoms with E-state index < -0.39 is 0 Å². The number of hydrogen-bond donors (Lipinski definition) is 2. The maximum absolute atomic E-state index is 12.3. The van der Waals surface area contributed by atoms with Crippen molar-refractivity contribution in [2.24, 2.45) is 5.92 Å². The van der Waals surface area contributed by atoms with Gasteiger partial charge in [0.15, 0.2) is 0 Å². The third-order valence-corrected chi connectivity index (χ3v) is 5.81. The number of amides is 1. The number of carbonyl (C=O) groups is 1. The molecule has 3 atom stereocenters. The number of fused-ring (bicyclic) bond motifs is 1. The topological polar surface area (TPSA) is 47.6 Å². The molecule has 24 heavy (non-hydrogen) atoms. The number of anilines is 2. The van der Waals surface area contributed by atoms with Gasteiger partial charge in [-0.25, -0.2) is 0 Å². The van der Waals surface area contributed by atoms with Crippen molar-refractivity contribution in [1.82, 2.24) is 10.2 Å². The number of nitrogens with zero attached hydrogens (tertiary/aromatic N) is 2. The molecule has 0 spiro atoms. The highest BCUT2D eigenvalue weighted by atomic mass is 16.1. The van der Waals surface area contributed by atoms with Gasteiger partial charge in [-0.05, 0) is 57.0 Å². The summed E-state index contributed by atoms with van der Waals surface area (Å²) in [5.41, 5.74) is 2.18. The van der Waals surface area contributed by atoms with Crippen molar-refractivity contribution in [2.75, 3.05) is 42.9 Å². The molecule has 0 aliphatic carbocycles. The van der Waals surface area contributed by atoms with E-state index in [4.69, 9.17) is 0 Å². The van der Waals surface area contributed by atoms with E-state index in [0.29, 0.717) is 6.04 Å². The number of carbonyl (C=O) groups excluding carboxylic acids is 1. The van der Waals surface area contributed by atoms with Crippen molar-refractivity contribution >= 4 is 17.3 Å². The average molecular weight is 328 g/mol. The Bertz CT molecular complexity index is 588. The fraction of sp³-hybridized carbons (Fsp3) is 0.632. The summed E-state index contributed by atoms with van der Waals surface area (Å²) in [4.78, 5) is 17.4. The highest BCUT2D eigenvalue weighted by Crippen LogP contribution is 2.26. The molecule has 1 aromatic carbocycles. The molecule has 3 aliphatic heterocycles. The first kappa shape index (κ1) is 15.9. The number of hydrogen-bond acceptors (Lipinski definition) is 4. The van der Waals surface area contributed by atoms with Gasteiger partial charge in [-0.1, -0.05) is 0 Å². The van der Waals surface area contributed by atoms with Crippen LogP contribution < -0.4 is 15.5 Å². The molecule has 5 heteroatoms. The molecular weight excluding hydrogens is 300 g/mol. The van der Waals surface area contributed by atoms with Crippen molar-refractivity contribution in [3.63, 3.8) is 0 Å². The molecule has 0 aromatic heterocycles. The summed E-state index contributed by atoms with van der Waals surface area (Å²) in [6, 6.07) is 9.55. The Morgan fingerprint density at radius 1 is 1.21 bits per heavy atom. The van der Waals surface area contributed by atoms with Crippen LogP contribution in [-0.2, 0) is 4.79 Å². The van der Waals surface area contributed by atoms with E-state index in [1.807, 2.05) is 12.1 Å². The fourth-order valence-electron chi connectivity index (χ4n) is 4.36. The quantitative estimate of drug-likeness (QED) is 0.890. The lowest BCUT2D eigenvalue weighted by Gasteiger charge is -2.38. The zero-order chi connectivity index (χ0) is 16.5. The first-order chi connectivity index (χ1) is 11.7. The van der Waals surface area contributed by atoms with Gasteiger partial charge in [0.2, 0.25) is 5.91 Å². The second-order valence-corrected chi connectivity index (χ2v) is 7.56. The van der Waals surface area contributed by atoms with Crippen LogP contribution in [0.15, 0.2) is 24.3 Å². The highest BCUT2D eigenvalue weighted by Gasteiger charge is 2.30. The molecule has 2 N–H and O–H groups in total. The summed E-state index contributed by atoms with van der Waals surface area (Å²) >= 11 is 0. The van der Waals surface area contributed by atoms with Gasteiger partial charge in [0, 0.05) is 49.6 Å². The SMILES string of the molecule is CC1CC(C(=O)Nc2ccc(N3CCN4CCCC4C3)cc2)CN1. The van der Waals surface area contributed by atoms with Crippen molar-refractivity contribution in [3.05, 3.63) is 24.3 Å².